The topological polar surface area (TPSA) is 125 Å². The Morgan fingerprint density at radius 3 is 2.53 bits per heavy atom. The van der Waals surface area contributed by atoms with Gasteiger partial charge in [-0.15, -0.1) is 0 Å². The van der Waals surface area contributed by atoms with Crippen molar-refractivity contribution >= 4 is 23.5 Å². The molecule has 1 fully saturated rings. The SMILES string of the molecule is Cc1cc(NC(=O)C(=O)O)c2c(c1Oc1ccc(O)c(C(=O)N3CCOCC3)c1)CCC2. The summed E-state index contributed by atoms with van der Waals surface area (Å²) < 4.78 is 11.4. The van der Waals surface area contributed by atoms with Gasteiger partial charge in [0.25, 0.3) is 5.91 Å². The maximum atomic E-state index is 12.8. The molecule has 3 N–H and O–H groups in total. The van der Waals surface area contributed by atoms with Gasteiger partial charge in [0.15, 0.2) is 0 Å². The molecule has 0 atom stereocenters. The van der Waals surface area contributed by atoms with Gasteiger partial charge in [-0.2, -0.15) is 0 Å². The summed E-state index contributed by atoms with van der Waals surface area (Å²) >= 11 is 0. The number of nitrogens with one attached hydrogen (secondary N) is 1. The number of aromatic hydroxyl groups is 1. The van der Waals surface area contributed by atoms with Gasteiger partial charge >= 0.3 is 11.9 Å². The second-order valence-electron chi connectivity index (χ2n) is 7.83. The summed E-state index contributed by atoms with van der Waals surface area (Å²) in [7, 11) is 0. The molecule has 2 amide bonds. The highest BCUT2D eigenvalue weighted by Crippen LogP contribution is 2.41. The molecule has 2 aromatic rings. The predicted octanol–water partition coefficient (Wildman–Crippen LogP) is 2.48. The van der Waals surface area contributed by atoms with Gasteiger partial charge in [-0.3, -0.25) is 9.59 Å². The summed E-state index contributed by atoms with van der Waals surface area (Å²) in [6.07, 6.45) is 2.26. The molecule has 168 valence electrons. The Labute approximate surface area is 184 Å². The number of phenolic OH excluding ortho intramolecular Hbond substituents is 1. The lowest BCUT2D eigenvalue weighted by Gasteiger charge is -2.27. The molecule has 32 heavy (non-hydrogen) atoms. The number of aryl methyl sites for hydroxylation is 1. The monoisotopic (exact) mass is 440 g/mol. The van der Waals surface area contributed by atoms with Crippen LogP contribution in [0.15, 0.2) is 24.3 Å². The molecule has 4 rings (SSSR count). The summed E-state index contributed by atoms with van der Waals surface area (Å²) in [4.78, 5) is 37.1. The van der Waals surface area contributed by atoms with E-state index in [4.69, 9.17) is 14.6 Å². The molecule has 1 aliphatic heterocycles. The van der Waals surface area contributed by atoms with Crippen LogP contribution in [0.5, 0.6) is 17.2 Å². The van der Waals surface area contributed by atoms with E-state index in [0.717, 1.165) is 29.5 Å². The van der Waals surface area contributed by atoms with E-state index in [2.05, 4.69) is 5.32 Å². The van der Waals surface area contributed by atoms with Crippen LogP contribution in [0.1, 0.15) is 33.5 Å². The average Bonchev–Trinajstić information content (AvgIpc) is 3.27. The first-order valence-corrected chi connectivity index (χ1v) is 10.4. The van der Waals surface area contributed by atoms with Gasteiger partial charge < -0.3 is 29.9 Å². The van der Waals surface area contributed by atoms with Crippen LogP contribution in [0.25, 0.3) is 0 Å². The minimum atomic E-state index is -1.55. The first kappa shape index (κ1) is 21.6. The molecule has 0 radical (unpaired) electrons. The Kier molecular flexibility index (Phi) is 6.00. The van der Waals surface area contributed by atoms with Crippen molar-refractivity contribution in [3.05, 3.63) is 46.5 Å². The van der Waals surface area contributed by atoms with Crippen LogP contribution < -0.4 is 10.1 Å². The summed E-state index contributed by atoms with van der Waals surface area (Å²) in [6.45, 7) is 3.64. The summed E-state index contributed by atoms with van der Waals surface area (Å²) in [6, 6.07) is 6.24. The quantitative estimate of drug-likeness (QED) is 0.624. The standard InChI is InChI=1S/C23H24N2O7/c1-13-11-18(24-21(27)23(29)30)15-3-2-4-16(15)20(13)32-14-5-6-19(26)17(12-14)22(28)25-7-9-31-10-8-25/h5-6,11-12,26H,2-4,7-10H2,1H3,(H,24,27)(H,29,30). The van der Waals surface area contributed by atoms with Gasteiger partial charge in [-0.1, -0.05) is 0 Å². The van der Waals surface area contributed by atoms with Crippen LogP contribution in [-0.4, -0.2) is 59.2 Å². The molecule has 2 aliphatic rings. The van der Waals surface area contributed by atoms with Gasteiger partial charge in [0.05, 0.1) is 18.8 Å². The molecule has 9 nitrogen and oxygen atoms in total. The van der Waals surface area contributed by atoms with Gasteiger partial charge in [0.2, 0.25) is 0 Å². The zero-order chi connectivity index (χ0) is 22.8. The number of nitrogens with zero attached hydrogens (tertiary/aromatic N) is 1. The normalized spacial score (nSPS) is 15.2. The second kappa shape index (κ2) is 8.88. The number of aliphatic carboxylic acids is 1. The third kappa shape index (κ3) is 4.24. The van der Waals surface area contributed by atoms with Gasteiger partial charge in [-0.25, -0.2) is 4.79 Å². The number of carboxylic acids is 1. The van der Waals surface area contributed by atoms with Crippen LogP contribution in [0.2, 0.25) is 0 Å². The molecule has 9 heteroatoms. The molecular formula is C23H24N2O7. The number of morpholine rings is 1. The second-order valence-corrected chi connectivity index (χ2v) is 7.83. The van der Waals surface area contributed by atoms with Gasteiger partial charge in [-0.05, 0) is 61.6 Å². The number of fused-ring (bicyclic) bond motifs is 1. The van der Waals surface area contributed by atoms with Crippen molar-refractivity contribution in [2.24, 2.45) is 0 Å². The number of phenols is 1. The fourth-order valence-electron chi connectivity index (χ4n) is 4.13. The predicted molar refractivity (Wildman–Crippen MR) is 114 cm³/mol. The molecule has 0 aromatic heterocycles. The number of carbonyl (C=O) groups excluding carboxylic acids is 2. The fraction of sp³-hybridized carbons (Fsp3) is 0.348. The molecule has 1 saturated heterocycles. The van der Waals surface area contributed by atoms with Crippen molar-refractivity contribution in [1.29, 1.82) is 0 Å². The maximum Gasteiger partial charge on any atom is 0.394 e. The summed E-state index contributed by atoms with van der Waals surface area (Å²) in [5, 5.41) is 21.6. The highest BCUT2D eigenvalue weighted by molar-refractivity contribution is 6.36. The van der Waals surface area contributed by atoms with Crippen molar-refractivity contribution in [3.63, 3.8) is 0 Å². The Morgan fingerprint density at radius 2 is 1.81 bits per heavy atom. The van der Waals surface area contributed by atoms with Crippen LogP contribution in [0.3, 0.4) is 0 Å². The minimum absolute atomic E-state index is 0.123. The molecule has 1 heterocycles. The number of carboxylic acid groups (broad SMARTS) is 1. The average molecular weight is 440 g/mol. The summed E-state index contributed by atoms with van der Waals surface area (Å²) in [5.74, 6) is -2.03. The molecule has 0 unspecified atom stereocenters. The van der Waals surface area contributed by atoms with E-state index in [1.807, 2.05) is 6.92 Å². The van der Waals surface area contributed by atoms with E-state index >= 15 is 0 Å². The third-order valence-corrected chi connectivity index (χ3v) is 5.70. The van der Waals surface area contributed by atoms with E-state index < -0.39 is 11.9 Å². The highest BCUT2D eigenvalue weighted by atomic mass is 16.5. The Bertz CT molecular complexity index is 1090. The van der Waals surface area contributed by atoms with Crippen molar-refractivity contribution in [2.75, 3.05) is 31.6 Å². The van der Waals surface area contributed by atoms with E-state index in [0.29, 0.717) is 49.9 Å². The molecule has 1 aliphatic carbocycles. The van der Waals surface area contributed by atoms with Crippen LogP contribution >= 0.6 is 0 Å². The zero-order valence-electron chi connectivity index (χ0n) is 17.6. The van der Waals surface area contributed by atoms with Crippen molar-refractivity contribution in [1.82, 2.24) is 4.90 Å². The lowest BCUT2D eigenvalue weighted by atomic mass is 10.0. The Morgan fingerprint density at radius 1 is 1.09 bits per heavy atom. The minimum Gasteiger partial charge on any atom is -0.507 e. The maximum absolute atomic E-state index is 12.8. The van der Waals surface area contributed by atoms with Crippen molar-refractivity contribution in [2.45, 2.75) is 26.2 Å². The number of benzene rings is 2. The molecule has 0 spiro atoms. The first-order valence-electron chi connectivity index (χ1n) is 10.4. The Balaban J connectivity index is 1.63. The van der Waals surface area contributed by atoms with E-state index in [1.54, 1.807) is 17.0 Å². The van der Waals surface area contributed by atoms with Crippen LogP contribution in [0, 0.1) is 6.92 Å². The van der Waals surface area contributed by atoms with Crippen molar-refractivity contribution < 1.29 is 34.1 Å². The van der Waals surface area contributed by atoms with E-state index in [-0.39, 0.29) is 17.2 Å². The lowest BCUT2D eigenvalue weighted by Crippen LogP contribution is -2.40. The molecule has 0 saturated carbocycles. The van der Waals surface area contributed by atoms with Crippen LogP contribution in [-0.2, 0) is 27.2 Å². The van der Waals surface area contributed by atoms with Crippen LogP contribution in [0.4, 0.5) is 5.69 Å². The third-order valence-electron chi connectivity index (χ3n) is 5.70. The highest BCUT2D eigenvalue weighted by Gasteiger charge is 2.26. The Hall–Kier alpha value is -3.59. The molecular weight excluding hydrogens is 416 g/mol. The zero-order valence-corrected chi connectivity index (χ0v) is 17.6. The smallest absolute Gasteiger partial charge is 0.394 e. The molecule has 2 aromatic carbocycles. The molecule has 0 bridgehead atoms. The number of ether oxygens (including phenoxy) is 2. The summed E-state index contributed by atoms with van der Waals surface area (Å²) in [5.41, 5.74) is 3.11. The van der Waals surface area contributed by atoms with E-state index in [9.17, 15) is 19.5 Å². The number of amides is 2. The largest absolute Gasteiger partial charge is 0.507 e. The van der Waals surface area contributed by atoms with Gasteiger partial charge in [0.1, 0.15) is 17.2 Å². The number of carbonyl (C=O) groups is 3. The number of hydrogen-bond donors (Lipinski definition) is 3. The number of hydrogen-bond acceptors (Lipinski definition) is 6. The lowest BCUT2D eigenvalue weighted by molar-refractivity contribution is -0.147. The fourth-order valence-corrected chi connectivity index (χ4v) is 4.13. The number of anilines is 1. The first-order chi connectivity index (χ1) is 15.3. The van der Waals surface area contributed by atoms with Gasteiger partial charge in [0, 0.05) is 24.3 Å². The van der Waals surface area contributed by atoms with Crippen molar-refractivity contribution in [3.8, 4) is 17.2 Å². The number of rotatable bonds is 4. The van der Waals surface area contributed by atoms with E-state index in [1.165, 1.54) is 12.1 Å².